The van der Waals surface area contributed by atoms with Gasteiger partial charge in [0.2, 0.25) is 0 Å². The first-order valence-corrected chi connectivity index (χ1v) is 9.08. The SMILES string of the molecule is CN(CCCc1cccc(C(C#N)C2CC2)c1F)Cc1ccccc1. The highest BCUT2D eigenvalue weighted by Crippen LogP contribution is 2.43. The normalized spacial score (nSPS) is 15.1. The Labute approximate surface area is 149 Å². The van der Waals surface area contributed by atoms with Gasteiger partial charge in [0.1, 0.15) is 5.82 Å². The number of hydrogen-bond donors (Lipinski definition) is 0. The lowest BCUT2D eigenvalue weighted by molar-refractivity contribution is 0.321. The number of halogens is 1. The molecule has 0 amide bonds. The summed E-state index contributed by atoms with van der Waals surface area (Å²) >= 11 is 0. The molecule has 0 aromatic heterocycles. The molecule has 25 heavy (non-hydrogen) atoms. The van der Waals surface area contributed by atoms with Crippen LogP contribution in [0.15, 0.2) is 48.5 Å². The van der Waals surface area contributed by atoms with Gasteiger partial charge in [-0.1, -0.05) is 48.5 Å². The number of benzene rings is 2. The first-order valence-electron chi connectivity index (χ1n) is 9.08. The summed E-state index contributed by atoms with van der Waals surface area (Å²) in [6, 6.07) is 18.2. The molecule has 0 radical (unpaired) electrons. The van der Waals surface area contributed by atoms with E-state index in [-0.39, 0.29) is 11.7 Å². The van der Waals surface area contributed by atoms with Crippen LogP contribution in [0.25, 0.3) is 0 Å². The van der Waals surface area contributed by atoms with Gasteiger partial charge in [0, 0.05) is 12.1 Å². The third-order valence-electron chi connectivity index (χ3n) is 4.96. The van der Waals surface area contributed by atoms with E-state index in [9.17, 15) is 9.65 Å². The van der Waals surface area contributed by atoms with Crippen LogP contribution >= 0.6 is 0 Å². The average molecular weight is 336 g/mol. The smallest absolute Gasteiger partial charge is 0.130 e. The molecule has 0 aliphatic heterocycles. The lowest BCUT2D eigenvalue weighted by Gasteiger charge is -2.17. The van der Waals surface area contributed by atoms with Gasteiger partial charge in [0.05, 0.1) is 12.0 Å². The topological polar surface area (TPSA) is 27.0 Å². The number of nitrogens with zero attached hydrogens (tertiary/aromatic N) is 2. The van der Waals surface area contributed by atoms with Crippen LogP contribution in [-0.2, 0) is 13.0 Å². The molecule has 1 aliphatic carbocycles. The Morgan fingerprint density at radius 3 is 2.60 bits per heavy atom. The standard InChI is InChI=1S/C22H25FN2/c1-25(16-17-7-3-2-4-8-17)14-6-10-19-9-5-11-20(22(19)23)21(15-24)18-12-13-18/h2-5,7-9,11,18,21H,6,10,12-14,16H2,1H3. The molecule has 1 atom stereocenters. The van der Waals surface area contributed by atoms with Crippen molar-refractivity contribution in [2.75, 3.05) is 13.6 Å². The van der Waals surface area contributed by atoms with Gasteiger partial charge in [-0.25, -0.2) is 4.39 Å². The molecule has 0 heterocycles. The summed E-state index contributed by atoms with van der Waals surface area (Å²) in [6.07, 6.45) is 3.71. The molecule has 1 fully saturated rings. The summed E-state index contributed by atoms with van der Waals surface area (Å²) < 4.78 is 14.8. The summed E-state index contributed by atoms with van der Waals surface area (Å²) in [4.78, 5) is 2.26. The van der Waals surface area contributed by atoms with E-state index in [2.05, 4.69) is 42.3 Å². The molecule has 0 N–H and O–H groups in total. The molecule has 0 bridgehead atoms. The van der Waals surface area contributed by atoms with Crippen molar-refractivity contribution in [1.82, 2.24) is 4.90 Å². The van der Waals surface area contributed by atoms with Gasteiger partial charge in [0.25, 0.3) is 0 Å². The number of aryl methyl sites for hydroxylation is 1. The van der Waals surface area contributed by atoms with Crippen molar-refractivity contribution < 1.29 is 4.39 Å². The summed E-state index contributed by atoms with van der Waals surface area (Å²) in [5.74, 6) is -0.0841. The predicted molar refractivity (Wildman–Crippen MR) is 98.6 cm³/mol. The van der Waals surface area contributed by atoms with Crippen LogP contribution in [0.5, 0.6) is 0 Å². The molecule has 0 saturated heterocycles. The second-order valence-corrected chi connectivity index (χ2v) is 7.09. The molecular formula is C22H25FN2. The highest BCUT2D eigenvalue weighted by Gasteiger charge is 2.34. The number of hydrogen-bond acceptors (Lipinski definition) is 2. The molecule has 0 spiro atoms. The average Bonchev–Trinajstić information content (AvgIpc) is 3.44. The Hall–Kier alpha value is -2.18. The van der Waals surface area contributed by atoms with E-state index in [0.717, 1.165) is 37.9 Å². The Kier molecular flexibility index (Phi) is 5.83. The first-order chi connectivity index (χ1) is 12.2. The monoisotopic (exact) mass is 336 g/mol. The third-order valence-corrected chi connectivity index (χ3v) is 4.96. The molecule has 130 valence electrons. The van der Waals surface area contributed by atoms with Crippen molar-refractivity contribution in [2.45, 2.75) is 38.1 Å². The Morgan fingerprint density at radius 1 is 1.16 bits per heavy atom. The van der Waals surface area contributed by atoms with E-state index < -0.39 is 0 Å². The Balaban J connectivity index is 1.55. The van der Waals surface area contributed by atoms with Crippen LogP contribution in [0, 0.1) is 23.1 Å². The number of rotatable bonds is 8. The van der Waals surface area contributed by atoms with E-state index in [1.165, 1.54) is 5.56 Å². The van der Waals surface area contributed by atoms with Crippen molar-refractivity contribution in [3.63, 3.8) is 0 Å². The zero-order chi connectivity index (χ0) is 17.6. The minimum absolute atomic E-state index is 0.160. The van der Waals surface area contributed by atoms with Crippen LogP contribution in [0.2, 0.25) is 0 Å². The zero-order valence-electron chi connectivity index (χ0n) is 14.8. The molecule has 3 rings (SSSR count). The maximum atomic E-state index is 14.8. The maximum Gasteiger partial charge on any atom is 0.130 e. The maximum absolute atomic E-state index is 14.8. The second kappa shape index (κ2) is 8.27. The van der Waals surface area contributed by atoms with Crippen LogP contribution in [0.3, 0.4) is 0 Å². The molecule has 3 heteroatoms. The number of nitriles is 1. The van der Waals surface area contributed by atoms with Crippen LogP contribution in [0.4, 0.5) is 4.39 Å². The van der Waals surface area contributed by atoms with Gasteiger partial charge in [-0.3, -0.25) is 0 Å². The first kappa shape index (κ1) is 17.6. The van der Waals surface area contributed by atoms with E-state index in [4.69, 9.17) is 0 Å². The van der Waals surface area contributed by atoms with E-state index in [0.29, 0.717) is 17.9 Å². The fourth-order valence-corrected chi connectivity index (χ4v) is 3.40. The molecule has 1 saturated carbocycles. The highest BCUT2D eigenvalue weighted by molar-refractivity contribution is 5.33. The van der Waals surface area contributed by atoms with Crippen LogP contribution in [-0.4, -0.2) is 18.5 Å². The molecular weight excluding hydrogens is 311 g/mol. The third kappa shape index (κ3) is 4.67. The fraction of sp³-hybridized carbons (Fsp3) is 0.409. The predicted octanol–water partition coefficient (Wildman–Crippen LogP) is 4.91. The zero-order valence-corrected chi connectivity index (χ0v) is 14.8. The Bertz CT molecular complexity index is 731. The van der Waals surface area contributed by atoms with E-state index in [1.807, 2.05) is 18.2 Å². The Morgan fingerprint density at radius 2 is 1.92 bits per heavy atom. The van der Waals surface area contributed by atoms with Gasteiger partial charge in [-0.05, 0) is 56.3 Å². The summed E-state index contributed by atoms with van der Waals surface area (Å²) in [5.41, 5.74) is 2.63. The van der Waals surface area contributed by atoms with E-state index >= 15 is 0 Å². The summed E-state index contributed by atoms with van der Waals surface area (Å²) in [5, 5.41) is 9.37. The van der Waals surface area contributed by atoms with Crippen LogP contribution in [0.1, 0.15) is 41.9 Å². The molecule has 2 aromatic carbocycles. The van der Waals surface area contributed by atoms with Gasteiger partial charge in [-0.2, -0.15) is 5.26 Å². The van der Waals surface area contributed by atoms with Gasteiger partial charge >= 0.3 is 0 Å². The van der Waals surface area contributed by atoms with Crippen molar-refractivity contribution in [1.29, 1.82) is 5.26 Å². The molecule has 2 nitrogen and oxygen atoms in total. The van der Waals surface area contributed by atoms with Crippen molar-refractivity contribution in [3.05, 3.63) is 71.0 Å². The molecule has 1 unspecified atom stereocenters. The van der Waals surface area contributed by atoms with Crippen molar-refractivity contribution >= 4 is 0 Å². The lowest BCUT2D eigenvalue weighted by atomic mass is 9.92. The highest BCUT2D eigenvalue weighted by atomic mass is 19.1. The summed E-state index contributed by atoms with van der Waals surface area (Å²) in [6.45, 7) is 1.82. The van der Waals surface area contributed by atoms with E-state index in [1.54, 1.807) is 6.07 Å². The van der Waals surface area contributed by atoms with Crippen LogP contribution < -0.4 is 0 Å². The minimum Gasteiger partial charge on any atom is -0.302 e. The largest absolute Gasteiger partial charge is 0.302 e. The quantitative estimate of drug-likeness (QED) is 0.685. The molecule has 1 aliphatic rings. The van der Waals surface area contributed by atoms with Gasteiger partial charge in [-0.15, -0.1) is 0 Å². The van der Waals surface area contributed by atoms with Crippen molar-refractivity contribution in [2.24, 2.45) is 5.92 Å². The van der Waals surface area contributed by atoms with Gasteiger partial charge in [0.15, 0.2) is 0 Å². The lowest BCUT2D eigenvalue weighted by Crippen LogP contribution is -2.19. The second-order valence-electron chi connectivity index (χ2n) is 7.09. The molecule has 2 aromatic rings. The summed E-state index contributed by atoms with van der Waals surface area (Å²) in [7, 11) is 2.10. The van der Waals surface area contributed by atoms with Gasteiger partial charge < -0.3 is 4.90 Å². The van der Waals surface area contributed by atoms with Crippen molar-refractivity contribution in [3.8, 4) is 6.07 Å². The fourth-order valence-electron chi connectivity index (χ4n) is 3.40. The minimum atomic E-state index is -0.277.